The molecule has 0 saturated heterocycles. The normalized spacial score (nSPS) is 18.9. The van der Waals surface area contributed by atoms with E-state index in [2.05, 4.69) is 20.7 Å². The molecule has 0 unspecified atom stereocenters. The van der Waals surface area contributed by atoms with Crippen molar-refractivity contribution in [2.24, 2.45) is 0 Å². The summed E-state index contributed by atoms with van der Waals surface area (Å²) in [6.45, 7) is 1.03. The third-order valence-corrected chi connectivity index (χ3v) is 4.75. The van der Waals surface area contributed by atoms with Gasteiger partial charge in [-0.25, -0.2) is 9.67 Å². The fourth-order valence-electron chi connectivity index (χ4n) is 3.33. The molecule has 11 heteroatoms. The van der Waals surface area contributed by atoms with Crippen LogP contribution >= 0.6 is 0 Å². The molecular weight excluding hydrogens is 389 g/mol. The molecule has 2 atom stereocenters. The molecule has 0 bridgehead atoms. The molecule has 4 rings (SSSR count). The lowest BCUT2D eigenvalue weighted by molar-refractivity contribution is -0.174. The molecule has 1 aliphatic heterocycles. The Balaban J connectivity index is 1.46. The minimum absolute atomic E-state index is 0.0653. The molecule has 0 fully saturated rings. The summed E-state index contributed by atoms with van der Waals surface area (Å²) < 4.78 is 48.8. The quantitative estimate of drug-likeness (QED) is 0.612. The Labute approximate surface area is 163 Å². The Morgan fingerprint density at radius 1 is 1.41 bits per heavy atom. The van der Waals surface area contributed by atoms with Gasteiger partial charge in [0.2, 0.25) is 0 Å². The molecule has 3 aromatic rings. The average Bonchev–Trinajstić information content (AvgIpc) is 3.44. The van der Waals surface area contributed by atoms with Crippen molar-refractivity contribution >= 4 is 11.7 Å². The second-order valence-electron chi connectivity index (χ2n) is 6.77. The van der Waals surface area contributed by atoms with Gasteiger partial charge in [-0.15, -0.1) is 0 Å². The minimum Gasteiger partial charge on any atom is -0.467 e. The molecule has 0 radical (unpaired) electrons. The van der Waals surface area contributed by atoms with Crippen LogP contribution in [0.25, 0.3) is 0 Å². The predicted molar refractivity (Wildman–Crippen MR) is 96.2 cm³/mol. The van der Waals surface area contributed by atoms with Crippen molar-refractivity contribution in [2.75, 3.05) is 11.9 Å². The summed E-state index contributed by atoms with van der Waals surface area (Å²) in [5.41, 5.74) is -0.0653. The number of hydrogen-bond donors (Lipinski definition) is 2. The van der Waals surface area contributed by atoms with Crippen molar-refractivity contribution in [3.63, 3.8) is 0 Å². The van der Waals surface area contributed by atoms with Crippen LogP contribution in [0.15, 0.2) is 47.6 Å². The Morgan fingerprint density at radius 3 is 2.97 bits per heavy atom. The summed E-state index contributed by atoms with van der Waals surface area (Å²) in [4.78, 5) is 16.3. The molecule has 4 heterocycles. The second kappa shape index (κ2) is 7.64. The van der Waals surface area contributed by atoms with E-state index in [9.17, 15) is 18.0 Å². The van der Waals surface area contributed by atoms with Gasteiger partial charge in [-0.05, 0) is 18.6 Å². The van der Waals surface area contributed by atoms with Crippen molar-refractivity contribution in [3.8, 4) is 0 Å². The van der Waals surface area contributed by atoms with Crippen LogP contribution in [-0.4, -0.2) is 38.0 Å². The van der Waals surface area contributed by atoms with E-state index in [1.807, 2.05) is 10.8 Å². The number of carbonyl (C=O) groups is 1. The largest absolute Gasteiger partial charge is 0.467 e. The maximum Gasteiger partial charge on any atom is 0.410 e. The first-order valence-electron chi connectivity index (χ1n) is 9.12. The van der Waals surface area contributed by atoms with Crippen molar-refractivity contribution in [2.45, 2.75) is 37.6 Å². The number of aryl methyl sites for hydroxylation is 1. The van der Waals surface area contributed by atoms with Crippen LogP contribution in [0.2, 0.25) is 0 Å². The van der Waals surface area contributed by atoms with Gasteiger partial charge in [0, 0.05) is 38.0 Å². The van der Waals surface area contributed by atoms with E-state index in [4.69, 9.17) is 4.42 Å². The number of carbonyl (C=O) groups excluding carboxylic acids is 1. The molecule has 0 aromatic carbocycles. The summed E-state index contributed by atoms with van der Waals surface area (Å²) in [6, 6.07) is 2.06. The van der Waals surface area contributed by atoms with Crippen LogP contribution in [0, 0.1) is 0 Å². The number of hydrogen-bond acceptors (Lipinski definition) is 5. The Morgan fingerprint density at radius 2 is 2.28 bits per heavy atom. The monoisotopic (exact) mass is 408 g/mol. The van der Waals surface area contributed by atoms with Crippen LogP contribution in [-0.2, 0) is 6.54 Å². The van der Waals surface area contributed by atoms with Gasteiger partial charge in [0.15, 0.2) is 11.7 Å². The SMILES string of the molecule is O=C(NCCCn1ccnc1)c1cc2n(n1)[C@H](C(F)(F)F)C[C@H](c1ccco1)N2. The first-order valence-corrected chi connectivity index (χ1v) is 9.12. The Bertz CT molecular complexity index is 949. The molecule has 29 heavy (non-hydrogen) atoms. The standard InChI is InChI=1S/C18H19F3N6O2/c19-18(20,21)15-9-12(14-3-1-8-29-14)24-16-10-13(25-27(15)16)17(28)23-4-2-6-26-7-5-22-11-26/h1,3,5,7-8,10-12,15,24H,2,4,6,9H2,(H,23,28)/t12-,15+/m1/s1. The zero-order chi connectivity index (χ0) is 20.4. The third-order valence-electron chi connectivity index (χ3n) is 4.75. The van der Waals surface area contributed by atoms with Gasteiger partial charge in [-0.2, -0.15) is 18.3 Å². The third kappa shape index (κ3) is 4.13. The number of rotatable bonds is 6. The number of furan rings is 1. The fourth-order valence-corrected chi connectivity index (χ4v) is 3.33. The number of nitrogens with one attached hydrogen (secondary N) is 2. The molecule has 154 valence electrons. The lowest BCUT2D eigenvalue weighted by Gasteiger charge is -2.32. The molecule has 1 amide bonds. The number of alkyl halides is 3. The van der Waals surface area contributed by atoms with Crippen molar-refractivity contribution in [3.05, 3.63) is 54.6 Å². The smallest absolute Gasteiger partial charge is 0.410 e. The number of anilines is 1. The molecule has 0 aliphatic carbocycles. The number of aromatic nitrogens is 4. The molecule has 8 nitrogen and oxygen atoms in total. The summed E-state index contributed by atoms with van der Waals surface area (Å²) in [6.07, 6.45) is 2.42. The Hall–Kier alpha value is -3.24. The number of nitrogens with zero attached hydrogens (tertiary/aromatic N) is 4. The topological polar surface area (TPSA) is 89.9 Å². The Kier molecular flexibility index (Phi) is 5.03. The van der Waals surface area contributed by atoms with Gasteiger partial charge in [0.1, 0.15) is 11.6 Å². The average molecular weight is 408 g/mol. The summed E-state index contributed by atoms with van der Waals surface area (Å²) >= 11 is 0. The minimum atomic E-state index is -4.51. The molecule has 0 saturated carbocycles. The maximum absolute atomic E-state index is 13.6. The van der Waals surface area contributed by atoms with Crippen LogP contribution in [0.4, 0.5) is 19.0 Å². The summed E-state index contributed by atoms with van der Waals surface area (Å²) in [5.74, 6) is 0.00977. The number of amides is 1. The van der Waals surface area contributed by atoms with Crippen LogP contribution < -0.4 is 10.6 Å². The van der Waals surface area contributed by atoms with E-state index in [1.165, 1.54) is 12.3 Å². The van der Waals surface area contributed by atoms with Crippen LogP contribution in [0.5, 0.6) is 0 Å². The number of imidazole rings is 1. The first-order chi connectivity index (χ1) is 13.9. The summed E-state index contributed by atoms with van der Waals surface area (Å²) in [7, 11) is 0. The van der Waals surface area contributed by atoms with Gasteiger partial charge in [0.05, 0.1) is 18.6 Å². The highest BCUT2D eigenvalue weighted by molar-refractivity contribution is 5.93. The lowest BCUT2D eigenvalue weighted by atomic mass is 10.0. The van der Waals surface area contributed by atoms with E-state index in [1.54, 1.807) is 24.7 Å². The number of halogens is 3. The van der Waals surface area contributed by atoms with Crippen LogP contribution in [0.1, 0.15) is 41.2 Å². The zero-order valence-corrected chi connectivity index (χ0v) is 15.3. The van der Waals surface area contributed by atoms with E-state index in [-0.39, 0.29) is 17.9 Å². The van der Waals surface area contributed by atoms with Crippen molar-refractivity contribution < 1.29 is 22.4 Å². The van der Waals surface area contributed by atoms with E-state index in [0.29, 0.717) is 25.3 Å². The fraction of sp³-hybridized carbons (Fsp3) is 0.389. The van der Waals surface area contributed by atoms with Gasteiger partial charge in [-0.3, -0.25) is 4.79 Å². The van der Waals surface area contributed by atoms with Crippen molar-refractivity contribution in [1.29, 1.82) is 0 Å². The van der Waals surface area contributed by atoms with Gasteiger partial charge in [0.25, 0.3) is 5.91 Å². The highest BCUT2D eigenvalue weighted by Crippen LogP contribution is 2.43. The van der Waals surface area contributed by atoms with Gasteiger partial charge < -0.3 is 19.6 Å². The molecule has 1 aliphatic rings. The van der Waals surface area contributed by atoms with E-state index in [0.717, 1.165) is 4.68 Å². The van der Waals surface area contributed by atoms with Crippen LogP contribution in [0.3, 0.4) is 0 Å². The maximum atomic E-state index is 13.6. The van der Waals surface area contributed by atoms with Gasteiger partial charge >= 0.3 is 6.18 Å². The van der Waals surface area contributed by atoms with Crippen molar-refractivity contribution in [1.82, 2.24) is 24.6 Å². The first kappa shape index (κ1) is 19.1. The highest BCUT2D eigenvalue weighted by Gasteiger charge is 2.47. The lowest BCUT2D eigenvalue weighted by Crippen LogP contribution is -2.35. The van der Waals surface area contributed by atoms with E-state index >= 15 is 0 Å². The summed E-state index contributed by atoms with van der Waals surface area (Å²) in [5, 5.41) is 9.59. The van der Waals surface area contributed by atoms with Gasteiger partial charge in [-0.1, -0.05) is 0 Å². The van der Waals surface area contributed by atoms with E-state index < -0.39 is 24.2 Å². The number of fused-ring (bicyclic) bond motifs is 1. The molecule has 0 spiro atoms. The molecule has 2 N–H and O–H groups in total. The molecular formula is C18H19F3N6O2. The highest BCUT2D eigenvalue weighted by atomic mass is 19.4. The second-order valence-corrected chi connectivity index (χ2v) is 6.77. The molecule has 3 aromatic heterocycles. The zero-order valence-electron chi connectivity index (χ0n) is 15.3. The predicted octanol–water partition coefficient (Wildman–Crippen LogP) is 3.15.